The first-order chi connectivity index (χ1) is 9.07. The van der Waals surface area contributed by atoms with Gasteiger partial charge in [-0.25, -0.2) is 0 Å². The second kappa shape index (κ2) is 4.50. The topological polar surface area (TPSA) is 0 Å². The largest absolute Gasteiger partial charge is 0.0688 e. The van der Waals surface area contributed by atoms with E-state index in [1.165, 1.54) is 22.3 Å². The minimum Gasteiger partial charge on any atom is -0.0688 e. The highest BCUT2D eigenvalue weighted by atomic mass is 28.3. The highest BCUT2D eigenvalue weighted by Gasteiger charge is 2.36. The monoisotopic (exact) mass is 264 g/mol. The normalized spacial score (nSPS) is 18.1. The van der Waals surface area contributed by atoms with E-state index in [-0.39, 0.29) is 0 Å². The number of rotatable bonds is 2. The first-order valence-corrected chi connectivity index (χ1v) is 10.5. The van der Waals surface area contributed by atoms with Gasteiger partial charge in [-0.15, -0.1) is 0 Å². The van der Waals surface area contributed by atoms with Crippen molar-refractivity contribution in [1.82, 2.24) is 0 Å². The Kier molecular flexibility index (Phi) is 2.94. The third-order valence-corrected chi connectivity index (χ3v) is 6.26. The van der Waals surface area contributed by atoms with E-state index in [4.69, 9.17) is 0 Å². The molecule has 96 valence electrons. The van der Waals surface area contributed by atoms with Crippen molar-refractivity contribution in [3.63, 3.8) is 0 Å². The van der Waals surface area contributed by atoms with E-state index in [0.717, 1.165) is 0 Å². The van der Waals surface area contributed by atoms with Crippen LogP contribution in [0.1, 0.15) is 22.2 Å². The molecule has 0 heterocycles. The molecule has 0 spiro atoms. The fraction of sp³-hybridized carbons (Fsp3) is 0.222. The van der Waals surface area contributed by atoms with E-state index in [1.54, 1.807) is 0 Å². The molecule has 1 atom stereocenters. The van der Waals surface area contributed by atoms with Crippen molar-refractivity contribution in [2.75, 3.05) is 0 Å². The molecule has 0 saturated carbocycles. The Morgan fingerprint density at radius 2 is 1.42 bits per heavy atom. The summed E-state index contributed by atoms with van der Waals surface area (Å²) in [6, 6.07) is 19.7. The summed E-state index contributed by atoms with van der Waals surface area (Å²) in [5.41, 5.74) is 6.45. The number of benzene rings is 2. The van der Waals surface area contributed by atoms with E-state index in [2.05, 4.69) is 80.3 Å². The molecule has 0 aromatic heterocycles. The summed E-state index contributed by atoms with van der Waals surface area (Å²) in [5, 5.41) is 0. The fourth-order valence-corrected chi connectivity index (χ4v) is 5.52. The summed E-state index contributed by atoms with van der Waals surface area (Å²) < 4.78 is 0. The van der Waals surface area contributed by atoms with E-state index in [1.807, 2.05) is 0 Å². The quantitative estimate of drug-likeness (QED) is 0.654. The van der Waals surface area contributed by atoms with Gasteiger partial charge in [-0.05, 0) is 22.3 Å². The second-order valence-electron chi connectivity index (χ2n) is 6.39. The van der Waals surface area contributed by atoms with Gasteiger partial charge in [-0.2, -0.15) is 0 Å². The average Bonchev–Trinajstić information content (AvgIpc) is 2.79. The van der Waals surface area contributed by atoms with Crippen LogP contribution in [0.2, 0.25) is 19.6 Å². The zero-order valence-electron chi connectivity index (χ0n) is 11.9. The molecule has 0 amide bonds. The van der Waals surface area contributed by atoms with Gasteiger partial charge in [-0.3, -0.25) is 0 Å². The SMILES string of the molecule is C[Si](C)(C)C1C(c2ccccc2)=Cc2ccccc21. The molecule has 0 N–H and O–H groups in total. The van der Waals surface area contributed by atoms with Gasteiger partial charge in [-0.1, -0.05) is 80.3 Å². The van der Waals surface area contributed by atoms with Crippen LogP contribution in [0, 0.1) is 0 Å². The van der Waals surface area contributed by atoms with Crippen molar-refractivity contribution in [3.8, 4) is 0 Å². The van der Waals surface area contributed by atoms with Crippen LogP contribution in [-0.4, -0.2) is 8.07 Å². The summed E-state index contributed by atoms with van der Waals surface area (Å²) in [6.45, 7) is 7.41. The number of hydrogen-bond donors (Lipinski definition) is 0. The smallest absolute Gasteiger partial charge is 0.0574 e. The van der Waals surface area contributed by atoms with Gasteiger partial charge < -0.3 is 0 Å². The maximum atomic E-state index is 2.47. The molecule has 0 aliphatic heterocycles. The minimum atomic E-state index is -1.29. The maximum absolute atomic E-state index is 2.47. The maximum Gasteiger partial charge on any atom is 0.0574 e. The van der Waals surface area contributed by atoms with Crippen molar-refractivity contribution < 1.29 is 0 Å². The lowest BCUT2D eigenvalue weighted by atomic mass is 10.0. The molecule has 2 aromatic carbocycles. The Labute approximate surface area is 116 Å². The Morgan fingerprint density at radius 3 is 2.11 bits per heavy atom. The van der Waals surface area contributed by atoms with Crippen LogP contribution >= 0.6 is 0 Å². The van der Waals surface area contributed by atoms with Crippen molar-refractivity contribution in [2.24, 2.45) is 0 Å². The lowest BCUT2D eigenvalue weighted by Crippen LogP contribution is -2.30. The van der Waals surface area contributed by atoms with Crippen LogP contribution in [0.25, 0.3) is 11.6 Å². The van der Waals surface area contributed by atoms with Crippen molar-refractivity contribution >= 4 is 19.7 Å². The highest BCUT2D eigenvalue weighted by molar-refractivity contribution is 6.79. The van der Waals surface area contributed by atoms with Gasteiger partial charge in [0.05, 0.1) is 8.07 Å². The lowest BCUT2D eigenvalue weighted by molar-refractivity contribution is 1.18. The van der Waals surface area contributed by atoms with Crippen LogP contribution in [0.3, 0.4) is 0 Å². The zero-order valence-corrected chi connectivity index (χ0v) is 12.9. The number of allylic oxidation sites excluding steroid dienone is 1. The molecule has 0 radical (unpaired) electrons. The summed E-state index contributed by atoms with van der Waals surface area (Å²) in [6.07, 6.45) is 2.40. The predicted molar refractivity (Wildman–Crippen MR) is 86.8 cm³/mol. The summed E-state index contributed by atoms with van der Waals surface area (Å²) in [5.74, 6) is 0. The molecule has 1 heteroatoms. The van der Waals surface area contributed by atoms with Crippen LogP contribution < -0.4 is 0 Å². The molecule has 0 saturated heterocycles. The molecule has 1 aliphatic rings. The van der Waals surface area contributed by atoms with Gasteiger partial charge in [0.25, 0.3) is 0 Å². The molecule has 2 aromatic rings. The van der Waals surface area contributed by atoms with E-state index >= 15 is 0 Å². The molecular formula is C18H20Si. The van der Waals surface area contributed by atoms with E-state index in [0.29, 0.717) is 5.54 Å². The van der Waals surface area contributed by atoms with Crippen molar-refractivity contribution in [1.29, 1.82) is 0 Å². The average molecular weight is 264 g/mol. The molecule has 0 bridgehead atoms. The minimum absolute atomic E-state index is 0.617. The first kappa shape index (κ1) is 12.4. The van der Waals surface area contributed by atoms with E-state index in [9.17, 15) is 0 Å². The molecule has 0 fully saturated rings. The lowest BCUT2D eigenvalue weighted by Gasteiger charge is -2.29. The summed E-state index contributed by atoms with van der Waals surface area (Å²) in [4.78, 5) is 0. The van der Waals surface area contributed by atoms with E-state index < -0.39 is 8.07 Å². The van der Waals surface area contributed by atoms with Crippen molar-refractivity contribution in [3.05, 3.63) is 71.3 Å². The van der Waals surface area contributed by atoms with Crippen LogP contribution in [0.4, 0.5) is 0 Å². The van der Waals surface area contributed by atoms with Gasteiger partial charge >= 0.3 is 0 Å². The highest BCUT2D eigenvalue weighted by Crippen LogP contribution is 2.46. The third kappa shape index (κ3) is 2.19. The van der Waals surface area contributed by atoms with Crippen LogP contribution in [0.5, 0.6) is 0 Å². The zero-order chi connectivity index (χ0) is 13.5. The Bertz CT molecular complexity index is 618. The summed E-state index contributed by atoms with van der Waals surface area (Å²) >= 11 is 0. The standard InChI is InChI=1S/C18H20Si/c1-19(2,3)18-16-12-8-7-11-15(16)13-17(18)14-9-5-4-6-10-14/h4-13,18H,1-3H3. The Hall–Kier alpha value is -1.60. The molecule has 1 unspecified atom stereocenters. The fourth-order valence-electron chi connectivity index (χ4n) is 3.14. The first-order valence-electron chi connectivity index (χ1n) is 6.93. The van der Waals surface area contributed by atoms with Crippen molar-refractivity contribution in [2.45, 2.75) is 25.2 Å². The predicted octanol–water partition coefficient (Wildman–Crippen LogP) is 5.20. The number of hydrogen-bond acceptors (Lipinski definition) is 0. The van der Waals surface area contributed by atoms with Gasteiger partial charge in [0.1, 0.15) is 0 Å². The summed E-state index contributed by atoms with van der Waals surface area (Å²) in [7, 11) is -1.29. The van der Waals surface area contributed by atoms with Crippen LogP contribution in [0.15, 0.2) is 54.6 Å². The molecule has 19 heavy (non-hydrogen) atoms. The second-order valence-corrected chi connectivity index (χ2v) is 11.7. The molecule has 1 aliphatic carbocycles. The Balaban J connectivity index is 2.16. The van der Waals surface area contributed by atoms with Gasteiger partial charge in [0.15, 0.2) is 0 Å². The molecule has 3 rings (SSSR count). The number of fused-ring (bicyclic) bond motifs is 1. The Morgan fingerprint density at radius 1 is 0.789 bits per heavy atom. The van der Waals surface area contributed by atoms with Crippen LogP contribution in [-0.2, 0) is 0 Å². The molecular weight excluding hydrogens is 244 g/mol. The van der Waals surface area contributed by atoms with Gasteiger partial charge in [0.2, 0.25) is 0 Å². The third-order valence-electron chi connectivity index (χ3n) is 3.90. The van der Waals surface area contributed by atoms with Gasteiger partial charge in [0, 0.05) is 5.54 Å². The molecule has 0 nitrogen and oxygen atoms in total.